The number of carbonyl (C=O) groups is 2. The Morgan fingerprint density at radius 3 is 2.57 bits per heavy atom. The van der Waals surface area contributed by atoms with Crippen LogP contribution in [0.25, 0.3) is 0 Å². The second kappa shape index (κ2) is 9.48. The van der Waals surface area contributed by atoms with Crippen molar-refractivity contribution in [3.8, 4) is 0 Å². The zero-order valence-corrected chi connectivity index (χ0v) is 16.6. The molecule has 0 amide bonds. The first-order valence-electron chi connectivity index (χ1n) is 8.56. The summed E-state index contributed by atoms with van der Waals surface area (Å²) in [4.78, 5) is 34.9. The summed E-state index contributed by atoms with van der Waals surface area (Å²) in [5.41, 5.74) is 1.72. The lowest BCUT2D eigenvalue weighted by Crippen LogP contribution is -2.15. The van der Waals surface area contributed by atoms with E-state index in [2.05, 4.69) is 0 Å². The Kier molecular flexibility index (Phi) is 7.31. The van der Waals surface area contributed by atoms with E-state index in [1.165, 1.54) is 12.1 Å². The summed E-state index contributed by atoms with van der Waals surface area (Å²) in [5.74, 6) is -1.25. The summed E-state index contributed by atoms with van der Waals surface area (Å²) in [6, 6.07) is 5.20. The molecule has 2 rings (SSSR count). The van der Waals surface area contributed by atoms with E-state index in [1.54, 1.807) is 13.2 Å². The Balaban J connectivity index is 2.08. The molecule has 1 aromatic heterocycles. The minimum atomic E-state index is -0.893. The summed E-state index contributed by atoms with van der Waals surface area (Å²) >= 11 is 5.92. The number of aromatic nitrogens is 1. The average molecular weight is 409 g/mol. The van der Waals surface area contributed by atoms with E-state index in [0.29, 0.717) is 18.7 Å². The summed E-state index contributed by atoms with van der Waals surface area (Å²) in [6.45, 7) is 4.56. The first-order valence-corrected chi connectivity index (χ1v) is 8.94. The van der Waals surface area contributed by atoms with Gasteiger partial charge in [0.15, 0.2) is 6.61 Å². The van der Waals surface area contributed by atoms with Crippen molar-refractivity contribution in [2.45, 2.75) is 26.8 Å². The second-order valence-corrected chi connectivity index (χ2v) is 6.61. The number of methoxy groups -OCH3 is 1. The Bertz CT molecular complexity index is 906. The molecule has 2 aromatic rings. The molecule has 1 aromatic carbocycles. The molecule has 0 N–H and O–H groups in total. The van der Waals surface area contributed by atoms with Crippen molar-refractivity contribution in [1.29, 1.82) is 0 Å². The van der Waals surface area contributed by atoms with Gasteiger partial charge in [0.25, 0.3) is 5.69 Å². The lowest BCUT2D eigenvalue weighted by molar-refractivity contribution is -0.384. The van der Waals surface area contributed by atoms with Crippen molar-refractivity contribution >= 4 is 29.0 Å². The molecule has 0 aliphatic rings. The molecule has 0 atom stereocenters. The van der Waals surface area contributed by atoms with Crippen molar-refractivity contribution in [2.24, 2.45) is 0 Å². The molecule has 0 unspecified atom stereocenters. The van der Waals surface area contributed by atoms with Crippen molar-refractivity contribution < 1.29 is 24.0 Å². The number of aryl methyl sites for hydroxylation is 1. The molecule has 0 aliphatic heterocycles. The van der Waals surface area contributed by atoms with Gasteiger partial charge < -0.3 is 14.0 Å². The van der Waals surface area contributed by atoms with Crippen LogP contribution in [0.4, 0.5) is 5.69 Å². The molecule has 1 heterocycles. The molecular formula is C19H21ClN2O6. The number of benzene rings is 1. The van der Waals surface area contributed by atoms with Gasteiger partial charge in [-0.05, 0) is 32.4 Å². The van der Waals surface area contributed by atoms with Crippen molar-refractivity contribution in [2.75, 3.05) is 20.3 Å². The normalized spacial score (nSPS) is 10.7. The van der Waals surface area contributed by atoms with Crippen LogP contribution in [0.3, 0.4) is 0 Å². The van der Waals surface area contributed by atoms with Crippen molar-refractivity contribution in [3.63, 3.8) is 0 Å². The second-order valence-electron chi connectivity index (χ2n) is 6.20. The minimum absolute atomic E-state index is 0.0133. The molecule has 28 heavy (non-hydrogen) atoms. The van der Waals surface area contributed by atoms with E-state index in [1.807, 2.05) is 18.4 Å². The van der Waals surface area contributed by atoms with Gasteiger partial charge in [0, 0.05) is 49.3 Å². The largest absolute Gasteiger partial charge is 0.454 e. The van der Waals surface area contributed by atoms with Gasteiger partial charge in [-0.25, -0.2) is 4.79 Å². The fraction of sp³-hybridized carbons (Fsp3) is 0.368. The number of carbonyl (C=O) groups excluding carboxylic acids is 2. The average Bonchev–Trinajstić information content (AvgIpc) is 2.94. The number of nitro benzene ring substituents is 1. The molecule has 0 radical (unpaired) electrons. The third kappa shape index (κ3) is 4.96. The standard InChI is InChI=1S/C19H21ClN2O6/c1-12-9-15(13(2)21(12)7-4-8-27-3)18(23)11-28-19(24)16-10-14(22(25)26)5-6-17(16)20/h5-6,9-10H,4,7-8,11H2,1-3H3. The number of nitro groups is 1. The number of esters is 1. The molecule has 0 saturated heterocycles. The molecule has 0 saturated carbocycles. The highest BCUT2D eigenvalue weighted by Gasteiger charge is 2.20. The number of Topliss-reactive ketones (excluding diaryl/α,β-unsaturated/α-hetero) is 1. The highest BCUT2D eigenvalue weighted by Crippen LogP contribution is 2.23. The lowest BCUT2D eigenvalue weighted by atomic mass is 10.1. The van der Waals surface area contributed by atoms with Crippen LogP contribution in [0, 0.1) is 24.0 Å². The van der Waals surface area contributed by atoms with Gasteiger partial charge in [0.1, 0.15) is 0 Å². The third-order valence-corrected chi connectivity index (χ3v) is 4.65. The summed E-state index contributed by atoms with van der Waals surface area (Å²) in [5, 5.41) is 10.9. The van der Waals surface area contributed by atoms with Gasteiger partial charge in [-0.15, -0.1) is 0 Å². The number of ether oxygens (including phenoxy) is 2. The predicted molar refractivity (Wildman–Crippen MR) is 103 cm³/mol. The molecule has 8 nitrogen and oxygen atoms in total. The lowest BCUT2D eigenvalue weighted by Gasteiger charge is -2.09. The quantitative estimate of drug-likeness (QED) is 0.206. The van der Waals surface area contributed by atoms with Gasteiger partial charge in [-0.2, -0.15) is 0 Å². The van der Waals surface area contributed by atoms with Gasteiger partial charge in [-0.3, -0.25) is 14.9 Å². The summed E-state index contributed by atoms with van der Waals surface area (Å²) in [6.07, 6.45) is 0.806. The van der Waals surface area contributed by atoms with Gasteiger partial charge >= 0.3 is 5.97 Å². The topological polar surface area (TPSA) is 101 Å². The van der Waals surface area contributed by atoms with Gasteiger partial charge in [0.05, 0.1) is 15.5 Å². The number of rotatable bonds is 9. The fourth-order valence-corrected chi connectivity index (χ4v) is 3.06. The van der Waals surface area contributed by atoms with Crippen LogP contribution in [-0.4, -0.2) is 41.6 Å². The van der Waals surface area contributed by atoms with Crippen LogP contribution < -0.4 is 0 Å². The van der Waals surface area contributed by atoms with Crippen LogP contribution in [0.2, 0.25) is 5.02 Å². The summed E-state index contributed by atoms with van der Waals surface area (Å²) < 4.78 is 12.1. The number of hydrogen-bond donors (Lipinski definition) is 0. The first kappa shape index (κ1) is 21.6. The highest BCUT2D eigenvalue weighted by molar-refractivity contribution is 6.33. The molecule has 150 valence electrons. The number of halogens is 1. The van der Waals surface area contributed by atoms with E-state index in [-0.39, 0.29) is 22.1 Å². The number of non-ortho nitro benzene ring substituents is 1. The fourth-order valence-electron chi connectivity index (χ4n) is 2.86. The maximum absolute atomic E-state index is 12.5. The Morgan fingerprint density at radius 1 is 1.21 bits per heavy atom. The summed E-state index contributed by atoms with van der Waals surface area (Å²) in [7, 11) is 1.63. The Hall–Kier alpha value is -2.71. The molecule has 9 heteroatoms. The smallest absolute Gasteiger partial charge is 0.340 e. The third-order valence-electron chi connectivity index (χ3n) is 4.32. The monoisotopic (exact) mass is 408 g/mol. The highest BCUT2D eigenvalue weighted by atomic mass is 35.5. The van der Waals surface area contributed by atoms with E-state index in [0.717, 1.165) is 23.9 Å². The maximum atomic E-state index is 12.5. The number of nitrogens with zero attached hydrogens (tertiary/aromatic N) is 2. The van der Waals surface area contributed by atoms with Crippen LogP contribution in [0.5, 0.6) is 0 Å². The van der Waals surface area contributed by atoms with Crippen LogP contribution in [-0.2, 0) is 16.0 Å². The van der Waals surface area contributed by atoms with E-state index >= 15 is 0 Å². The molecule has 0 spiro atoms. The molecule has 0 aliphatic carbocycles. The molecular weight excluding hydrogens is 388 g/mol. The van der Waals surface area contributed by atoms with Gasteiger partial charge in [-0.1, -0.05) is 11.6 Å². The molecule has 0 fully saturated rings. The van der Waals surface area contributed by atoms with Crippen LogP contribution >= 0.6 is 11.6 Å². The van der Waals surface area contributed by atoms with Crippen molar-refractivity contribution in [3.05, 3.63) is 61.9 Å². The van der Waals surface area contributed by atoms with E-state index in [9.17, 15) is 19.7 Å². The Morgan fingerprint density at radius 2 is 1.93 bits per heavy atom. The number of ketones is 1. The molecule has 0 bridgehead atoms. The SMILES string of the molecule is COCCCn1c(C)cc(C(=O)COC(=O)c2cc([N+](=O)[O-])ccc2Cl)c1C. The predicted octanol–water partition coefficient (Wildman–Crippen LogP) is 3.74. The zero-order valence-electron chi connectivity index (χ0n) is 15.9. The first-order chi connectivity index (χ1) is 13.3. The number of hydrogen-bond acceptors (Lipinski definition) is 6. The minimum Gasteiger partial charge on any atom is -0.454 e. The van der Waals surface area contributed by atoms with Crippen LogP contribution in [0.15, 0.2) is 24.3 Å². The zero-order chi connectivity index (χ0) is 20.8. The van der Waals surface area contributed by atoms with Crippen LogP contribution in [0.1, 0.15) is 38.5 Å². The Labute approximate surface area is 167 Å². The van der Waals surface area contributed by atoms with Gasteiger partial charge in [0.2, 0.25) is 5.78 Å². The van der Waals surface area contributed by atoms with E-state index in [4.69, 9.17) is 21.1 Å². The maximum Gasteiger partial charge on any atom is 0.340 e. The van der Waals surface area contributed by atoms with Crippen molar-refractivity contribution in [1.82, 2.24) is 4.57 Å². The van der Waals surface area contributed by atoms with E-state index < -0.39 is 17.5 Å².